The Morgan fingerprint density at radius 2 is 2.26 bits per heavy atom. The van der Waals surface area contributed by atoms with Gasteiger partial charge in [0, 0.05) is 48.0 Å². The lowest BCUT2D eigenvalue weighted by molar-refractivity contribution is -0.385. The Morgan fingerprint density at radius 1 is 1.42 bits per heavy atom. The molecule has 0 saturated carbocycles. The number of aromatic nitrogens is 2. The lowest BCUT2D eigenvalue weighted by Gasteiger charge is -2.13. The lowest BCUT2D eigenvalue weighted by atomic mass is 10.0. The minimum absolute atomic E-state index is 0.145. The normalized spacial score (nSPS) is 14.2. The summed E-state index contributed by atoms with van der Waals surface area (Å²) in [6, 6.07) is 5.13. The SMILES string of the molecule is Cc1cc(-c2n[nH]c3c2CNCC3)ccc1[N+](=O)[O-]. The molecular formula is C13H14N4O2. The number of H-pyrrole nitrogens is 1. The van der Waals surface area contributed by atoms with Gasteiger partial charge in [0.05, 0.1) is 10.6 Å². The van der Waals surface area contributed by atoms with E-state index in [0.717, 1.165) is 36.5 Å². The monoisotopic (exact) mass is 258 g/mol. The lowest BCUT2D eigenvalue weighted by Crippen LogP contribution is -2.23. The Bertz CT molecular complexity index is 648. The summed E-state index contributed by atoms with van der Waals surface area (Å²) >= 11 is 0. The maximum absolute atomic E-state index is 10.8. The van der Waals surface area contributed by atoms with E-state index >= 15 is 0 Å². The molecule has 1 aromatic heterocycles. The minimum atomic E-state index is -0.360. The third-order valence-corrected chi connectivity index (χ3v) is 3.47. The fourth-order valence-corrected chi connectivity index (χ4v) is 2.47. The van der Waals surface area contributed by atoms with E-state index in [9.17, 15) is 10.1 Å². The molecule has 0 radical (unpaired) electrons. The van der Waals surface area contributed by atoms with Crippen molar-refractivity contribution in [1.29, 1.82) is 0 Å². The topological polar surface area (TPSA) is 83.8 Å². The molecule has 0 amide bonds. The smallest absolute Gasteiger partial charge is 0.272 e. The van der Waals surface area contributed by atoms with Crippen molar-refractivity contribution in [3.63, 3.8) is 0 Å². The molecule has 2 heterocycles. The molecule has 0 spiro atoms. The van der Waals surface area contributed by atoms with Crippen molar-refractivity contribution in [3.05, 3.63) is 45.1 Å². The summed E-state index contributed by atoms with van der Waals surface area (Å²) in [6.45, 7) is 3.49. The Balaban J connectivity index is 2.05. The first-order valence-corrected chi connectivity index (χ1v) is 6.19. The second-order valence-corrected chi connectivity index (χ2v) is 4.71. The fourth-order valence-electron chi connectivity index (χ4n) is 2.47. The fraction of sp³-hybridized carbons (Fsp3) is 0.308. The van der Waals surface area contributed by atoms with E-state index in [1.807, 2.05) is 6.07 Å². The molecule has 2 N–H and O–H groups in total. The van der Waals surface area contributed by atoms with Gasteiger partial charge >= 0.3 is 0 Å². The summed E-state index contributed by atoms with van der Waals surface area (Å²) in [5.74, 6) is 0. The van der Waals surface area contributed by atoms with Crippen molar-refractivity contribution in [1.82, 2.24) is 15.5 Å². The molecule has 2 aromatic rings. The van der Waals surface area contributed by atoms with E-state index < -0.39 is 0 Å². The zero-order valence-electron chi connectivity index (χ0n) is 10.6. The van der Waals surface area contributed by atoms with Crippen LogP contribution in [0.25, 0.3) is 11.3 Å². The highest BCUT2D eigenvalue weighted by molar-refractivity contribution is 5.67. The molecule has 6 heteroatoms. The quantitative estimate of drug-likeness (QED) is 0.637. The number of rotatable bonds is 2. The van der Waals surface area contributed by atoms with Crippen molar-refractivity contribution >= 4 is 5.69 Å². The van der Waals surface area contributed by atoms with Crippen LogP contribution in [0.15, 0.2) is 18.2 Å². The van der Waals surface area contributed by atoms with Crippen LogP contribution in [-0.2, 0) is 13.0 Å². The average Bonchev–Trinajstić information content (AvgIpc) is 2.82. The number of benzene rings is 1. The van der Waals surface area contributed by atoms with Gasteiger partial charge in [-0.2, -0.15) is 5.10 Å². The number of fused-ring (bicyclic) bond motifs is 1. The molecule has 98 valence electrons. The zero-order chi connectivity index (χ0) is 13.4. The van der Waals surface area contributed by atoms with Crippen LogP contribution in [0.4, 0.5) is 5.69 Å². The molecule has 0 bridgehead atoms. The molecule has 0 unspecified atom stereocenters. The number of hydrogen-bond donors (Lipinski definition) is 2. The third kappa shape index (κ3) is 2.00. The highest BCUT2D eigenvalue weighted by atomic mass is 16.6. The molecule has 1 aliphatic rings. The van der Waals surface area contributed by atoms with E-state index in [4.69, 9.17) is 0 Å². The molecule has 0 fully saturated rings. The second kappa shape index (κ2) is 4.47. The summed E-state index contributed by atoms with van der Waals surface area (Å²) in [4.78, 5) is 10.5. The molecule has 3 rings (SSSR count). The molecule has 1 aromatic carbocycles. The van der Waals surface area contributed by atoms with Crippen LogP contribution >= 0.6 is 0 Å². The van der Waals surface area contributed by atoms with Gasteiger partial charge in [-0.3, -0.25) is 15.2 Å². The second-order valence-electron chi connectivity index (χ2n) is 4.71. The van der Waals surface area contributed by atoms with Crippen LogP contribution in [0.2, 0.25) is 0 Å². The first-order valence-electron chi connectivity index (χ1n) is 6.19. The van der Waals surface area contributed by atoms with Gasteiger partial charge in [0.15, 0.2) is 0 Å². The third-order valence-electron chi connectivity index (χ3n) is 3.47. The predicted octanol–water partition coefficient (Wildman–Crippen LogP) is 1.94. The number of aryl methyl sites for hydroxylation is 1. The van der Waals surface area contributed by atoms with Gasteiger partial charge in [-0.05, 0) is 19.1 Å². The van der Waals surface area contributed by atoms with Crippen LogP contribution in [-0.4, -0.2) is 21.7 Å². The van der Waals surface area contributed by atoms with Gasteiger partial charge in [0.25, 0.3) is 5.69 Å². The average molecular weight is 258 g/mol. The van der Waals surface area contributed by atoms with E-state index in [1.54, 1.807) is 19.1 Å². The van der Waals surface area contributed by atoms with Crippen LogP contribution in [0.1, 0.15) is 16.8 Å². The van der Waals surface area contributed by atoms with Gasteiger partial charge in [-0.25, -0.2) is 0 Å². The Labute approximate surface area is 110 Å². The zero-order valence-corrected chi connectivity index (χ0v) is 10.6. The van der Waals surface area contributed by atoms with E-state index in [1.165, 1.54) is 5.56 Å². The van der Waals surface area contributed by atoms with Gasteiger partial charge in [0.2, 0.25) is 0 Å². The molecule has 6 nitrogen and oxygen atoms in total. The molecule has 0 atom stereocenters. The molecule has 19 heavy (non-hydrogen) atoms. The van der Waals surface area contributed by atoms with E-state index in [0.29, 0.717) is 5.56 Å². The summed E-state index contributed by atoms with van der Waals surface area (Å²) in [5, 5.41) is 21.5. The maximum atomic E-state index is 10.8. The van der Waals surface area contributed by atoms with Gasteiger partial charge < -0.3 is 5.32 Å². The number of nitrogens with zero attached hydrogens (tertiary/aromatic N) is 2. The summed E-state index contributed by atoms with van der Waals surface area (Å²) in [6.07, 6.45) is 0.939. The summed E-state index contributed by atoms with van der Waals surface area (Å²) < 4.78 is 0. The van der Waals surface area contributed by atoms with Crippen molar-refractivity contribution in [3.8, 4) is 11.3 Å². The van der Waals surface area contributed by atoms with Crippen LogP contribution in [0.3, 0.4) is 0 Å². The predicted molar refractivity (Wildman–Crippen MR) is 70.8 cm³/mol. The molecule has 0 aliphatic carbocycles. The number of nitro benzene ring substituents is 1. The van der Waals surface area contributed by atoms with Crippen molar-refractivity contribution in [2.24, 2.45) is 0 Å². The number of aromatic amines is 1. The van der Waals surface area contributed by atoms with Gasteiger partial charge in [-0.15, -0.1) is 0 Å². The highest BCUT2D eigenvalue weighted by Gasteiger charge is 2.19. The summed E-state index contributed by atoms with van der Waals surface area (Å²) in [5.41, 5.74) is 4.93. The molecule has 0 saturated heterocycles. The van der Waals surface area contributed by atoms with Crippen molar-refractivity contribution in [2.45, 2.75) is 19.9 Å². The first kappa shape index (κ1) is 11.9. The van der Waals surface area contributed by atoms with Crippen LogP contribution in [0, 0.1) is 17.0 Å². The Morgan fingerprint density at radius 3 is 3.00 bits per heavy atom. The number of nitro groups is 1. The van der Waals surface area contributed by atoms with Gasteiger partial charge in [-0.1, -0.05) is 0 Å². The Kier molecular flexibility index (Phi) is 2.79. The minimum Gasteiger partial charge on any atom is -0.312 e. The summed E-state index contributed by atoms with van der Waals surface area (Å²) in [7, 11) is 0. The highest BCUT2D eigenvalue weighted by Crippen LogP contribution is 2.29. The van der Waals surface area contributed by atoms with Crippen molar-refractivity contribution < 1.29 is 4.92 Å². The standard InChI is InChI=1S/C13H14N4O2/c1-8-6-9(2-3-12(8)17(18)19)13-10-7-14-5-4-11(10)15-16-13/h2-3,6,14H,4-5,7H2,1H3,(H,15,16). The maximum Gasteiger partial charge on any atom is 0.272 e. The van der Waals surface area contributed by atoms with Crippen LogP contribution in [0.5, 0.6) is 0 Å². The molecular weight excluding hydrogens is 244 g/mol. The Hall–Kier alpha value is -2.21. The first-order chi connectivity index (χ1) is 9.16. The van der Waals surface area contributed by atoms with Crippen molar-refractivity contribution in [2.75, 3.05) is 6.54 Å². The van der Waals surface area contributed by atoms with E-state index in [-0.39, 0.29) is 10.6 Å². The van der Waals surface area contributed by atoms with Crippen LogP contribution < -0.4 is 5.32 Å². The number of nitrogens with one attached hydrogen (secondary N) is 2. The van der Waals surface area contributed by atoms with E-state index in [2.05, 4.69) is 15.5 Å². The van der Waals surface area contributed by atoms with Gasteiger partial charge in [0.1, 0.15) is 0 Å². The largest absolute Gasteiger partial charge is 0.312 e. The number of hydrogen-bond acceptors (Lipinski definition) is 4. The molecule has 1 aliphatic heterocycles.